The van der Waals surface area contributed by atoms with E-state index < -0.39 is 39.5 Å². The molecule has 2 heterocycles. The second kappa shape index (κ2) is 4.53. The zero-order valence-corrected chi connectivity index (χ0v) is 12.4. The normalized spacial score (nSPS) is 14.6. The molecule has 1 aliphatic rings. The van der Waals surface area contributed by atoms with E-state index >= 15 is 0 Å². The summed E-state index contributed by atoms with van der Waals surface area (Å²) < 4.78 is 31.3. The monoisotopic (exact) mass is 335 g/mol. The number of hydrogen-bond acceptors (Lipinski definition) is 3. The topological polar surface area (TPSA) is 97.1 Å². The van der Waals surface area contributed by atoms with Gasteiger partial charge in [0.15, 0.2) is 11.6 Å². The lowest BCUT2D eigenvalue weighted by atomic mass is 10.1. The number of aromatic amines is 1. The minimum Gasteiger partial charge on any atom is -0.477 e. The predicted molar refractivity (Wildman–Crippen MR) is 80.5 cm³/mol. The highest BCUT2D eigenvalue weighted by Crippen LogP contribution is 2.39. The molecule has 0 aliphatic heterocycles. The SMILES string of the molecule is Cn1[nH]c2c(c(F)c(F)c3c2c(=O)c(C(=O)O)cn3C2CC2)c1=O. The summed E-state index contributed by atoms with van der Waals surface area (Å²) in [5.41, 5.74) is -2.86. The molecule has 124 valence electrons. The fourth-order valence-electron chi connectivity index (χ4n) is 3.03. The standard InChI is InChI=1S/C15H11F2N3O4/c1-19-14(22)7-9(16)10(17)12-8(11(7)18-19)13(21)6(15(23)24)4-20(12)5-2-3-5/h4-5,18H,2-3H2,1H3,(H,23,24). The number of aryl methyl sites for hydroxylation is 1. The third kappa shape index (κ3) is 1.72. The molecule has 4 rings (SSSR count). The molecule has 0 bridgehead atoms. The number of aromatic nitrogens is 3. The largest absolute Gasteiger partial charge is 0.477 e. The first kappa shape index (κ1) is 14.6. The maximum absolute atomic E-state index is 14.6. The van der Waals surface area contributed by atoms with Crippen LogP contribution in [0.2, 0.25) is 0 Å². The number of rotatable bonds is 2. The Balaban J connectivity index is 2.38. The average molecular weight is 335 g/mol. The molecule has 0 spiro atoms. The zero-order valence-electron chi connectivity index (χ0n) is 12.4. The summed E-state index contributed by atoms with van der Waals surface area (Å²) in [6.45, 7) is 0. The van der Waals surface area contributed by atoms with Gasteiger partial charge in [-0.1, -0.05) is 0 Å². The molecule has 0 radical (unpaired) electrons. The second-order valence-electron chi connectivity index (χ2n) is 5.89. The minimum absolute atomic E-state index is 0.195. The molecule has 1 aromatic carbocycles. The number of H-pyrrole nitrogens is 1. The molecule has 1 fully saturated rings. The fraction of sp³-hybridized carbons (Fsp3) is 0.267. The number of pyridine rings is 1. The van der Waals surface area contributed by atoms with Gasteiger partial charge < -0.3 is 9.67 Å². The Hall–Kier alpha value is -2.97. The summed E-state index contributed by atoms with van der Waals surface area (Å²) in [5.74, 6) is -4.14. The number of fused-ring (bicyclic) bond motifs is 3. The number of nitrogens with zero attached hydrogens (tertiary/aromatic N) is 2. The molecule has 1 saturated carbocycles. The van der Waals surface area contributed by atoms with Crippen molar-refractivity contribution >= 4 is 27.8 Å². The maximum atomic E-state index is 14.6. The highest BCUT2D eigenvalue weighted by atomic mass is 19.2. The van der Waals surface area contributed by atoms with E-state index in [2.05, 4.69) is 5.10 Å². The Morgan fingerprint density at radius 1 is 1.25 bits per heavy atom. The van der Waals surface area contributed by atoms with Crippen molar-refractivity contribution in [3.63, 3.8) is 0 Å². The highest BCUT2D eigenvalue weighted by Gasteiger charge is 2.31. The Morgan fingerprint density at radius 3 is 2.50 bits per heavy atom. The number of benzene rings is 1. The van der Waals surface area contributed by atoms with E-state index in [0.29, 0.717) is 12.8 Å². The van der Waals surface area contributed by atoms with E-state index in [1.807, 2.05) is 0 Å². The van der Waals surface area contributed by atoms with Gasteiger partial charge in [-0.15, -0.1) is 0 Å². The first-order valence-electron chi connectivity index (χ1n) is 7.20. The van der Waals surface area contributed by atoms with Gasteiger partial charge in [-0.2, -0.15) is 0 Å². The lowest BCUT2D eigenvalue weighted by Crippen LogP contribution is -2.20. The number of hydrogen-bond donors (Lipinski definition) is 2. The van der Waals surface area contributed by atoms with Gasteiger partial charge in [0.1, 0.15) is 10.9 Å². The lowest BCUT2D eigenvalue weighted by Gasteiger charge is -2.13. The van der Waals surface area contributed by atoms with Crippen molar-refractivity contribution in [2.24, 2.45) is 7.05 Å². The van der Waals surface area contributed by atoms with Gasteiger partial charge in [0.05, 0.1) is 16.4 Å². The predicted octanol–water partition coefficient (Wildman–Crippen LogP) is 1.49. The van der Waals surface area contributed by atoms with Crippen LogP contribution in [0.4, 0.5) is 8.78 Å². The summed E-state index contributed by atoms with van der Waals surface area (Å²) in [5, 5.41) is 10.9. The smallest absolute Gasteiger partial charge is 0.341 e. The Bertz CT molecular complexity index is 1170. The van der Waals surface area contributed by atoms with E-state index in [-0.39, 0.29) is 22.5 Å². The molecule has 24 heavy (non-hydrogen) atoms. The molecule has 1 aliphatic carbocycles. The molecule has 3 aromatic rings. The number of carboxylic acid groups (broad SMARTS) is 1. The molecule has 0 amide bonds. The summed E-state index contributed by atoms with van der Waals surface area (Å²) >= 11 is 0. The first-order valence-corrected chi connectivity index (χ1v) is 7.20. The number of halogens is 2. The van der Waals surface area contributed by atoms with Gasteiger partial charge in [-0.05, 0) is 12.8 Å². The van der Waals surface area contributed by atoms with E-state index in [9.17, 15) is 28.3 Å². The summed E-state index contributed by atoms with van der Waals surface area (Å²) in [4.78, 5) is 35.9. The van der Waals surface area contributed by atoms with Crippen LogP contribution >= 0.6 is 0 Å². The summed E-state index contributed by atoms with van der Waals surface area (Å²) in [6, 6.07) is -0.201. The summed E-state index contributed by atoms with van der Waals surface area (Å²) in [7, 11) is 1.30. The van der Waals surface area contributed by atoms with Gasteiger partial charge in [0.2, 0.25) is 5.43 Å². The number of carbonyl (C=O) groups is 1. The molecular formula is C15H11F2N3O4. The van der Waals surface area contributed by atoms with E-state index in [0.717, 1.165) is 10.9 Å². The Kier molecular flexibility index (Phi) is 2.76. The van der Waals surface area contributed by atoms with Gasteiger partial charge in [-0.3, -0.25) is 19.4 Å². The molecule has 2 N–H and O–H groups in total. The van der Waals surface area contributed by atoms with E-state index in [4.69, 9.17) is 0 Å². The van der Waals surface area contributed by atoms with Gasteiger partial charge >= 0.3 is 5.97 Å². The molecule has 0 unspecified atom stereocenters. The molecule has 9 heteroatoms. The van der Waals surface area contributed by atoms with Crippen LogP contribution in [-0.2, 0) is 7.05 Å². The lowest BCUT2D eigenvalue weighted by molar-refractivity contribution is 0.0695. The molecule has 0 atom stereocenters. The highest BCUT2D eigenvalue weighted by molar-refractivity contribution is 6.06. The van der Waals surface area contributed by atoms with Crippen molar-refractivity contribution in [1.29, 1.82) is 0 Å². The van der Waals surface area contributed by atoms with Crippen LogP contribution in [0.1, 0.15) is 29.2 Å². The molecular weight excluding hydrogens is 324 g/mol. The van der Waals surface area contributed by atoms with Crippen molar-refractivity contribution in [2.75, 3.05) is 0 Å². The van der Waals surface area contributed by atoms with E-state index in [1.165, 1.54) is 11.6 Å². The van der Waals surface area contributed by atoms with Crippen molar-refractivity contribution in [3.05, 3.63) is 44.0 Å². The van der Waals surface area contributed by atoms with Gasteiger partial charge in [-0.25, -0.2) is 13.6 Å². The quantitative estimate of drug-likeness (QED) is 0.741. The van der Waals surface area contributed by atoms with Crippen LogP contribution in [0.25, 0.3) is 21.8 Å². The number of nitrogens with one attached hydrogen (secondary N) is 1. The van der Waals surface area contributed by atoms with Crippen molar-refractivity contribution in [2.45, 2.75) is 18.9 Å². The average Bonchev–Trinajstić information content (AvgIpc) is 3.31. The van der Waals surface area contributed by atoms with Crippen LogP contribution in [0.3, 0.4) is 0 Å². The zero-order chi connectivity index (χ0) is 17.3. The Morgan fingerprint density at radius 2 is 1.92 bits per heavy atom. The van der Waals surface area contributed by atoms with Crippen LogP contribution in [0, 0.1) is 11.6 Å². The summed E-state index contributed by atoms with van der Waals surface area (Å²) in [6.07, 6.45) is 2.38. The van der Waals surface area contributed by atoms with Crippen LogP contribution in [0.15, 0.2) is 15.8 Å². The number of aromatic carboxylic acids is 1. The minimum atomic E-state index is -1.47. The van der Waals surface area contributed by atoms with Crippen molar-refractivity contribution < 1.29 is 18.7 Å². The van der Waals surface area contributed by atoms with Gasteiger partial charge in [0, 0.05) is 19.3 Å². The third-order valence-corrected chi connectivity index (χ3v) is 4.32. The van der Waals surface area contributed by atoms with Gasteiger partial charge in [0.25, 0.3) is 5.56 Å². The van der Waals surface area contributed by atoms with Crippen molar-refractivity contribution in [1.82, 2.24) is 14.3 Å². The van der Waals surface area contributed by atoms with Crippen molar-refractivity contribution in [3.8, 4) is 0 Å². The van der Waals surface area contributed by atoms with E-state index in [1.54, 1.807) is 0 Å². The first-order chi connectivity index (χ1) is 11.3. The fourth-order valence-corrected chi connectivity index (χ4v) is 3.03. The second-order valence-corrected chi connectivity index (χ2v) is 5.89. The molecule has 0 saturated heterocycles. The van der Waals surface area contributed by atoms with Crippen LogP contribution < -0.4 is 11.0 Å². The molecule has 7 nitrogen and oxygen atoms in total. The maximum Gasteiger partial charge on any atom is 0.341 e. The van der Waals surface area contributed by atoms with Crippen LogP contribution in [-0.4, -0.2) is 25.4 Å². The van der Waals surface area contributed by atoms with Crippen LogP contribution in [0.5, 0.6) is 0 Å². The Labute approximate surface area is 131 Å². The third-order valence-electron chi connectivity index (χ3n) is 4.32. The molecule has 2 aromatic heterocycles. The number of carboxylic acids is 1.